The molecule has 1 N–H and O–H groups in total. The summed E-state index contributed by atoms with van der Waals surface area (Å²) < 4.78 is 5.51. The second-order valence-electron chi connectivity index (χ2n) is 8.10. The molecule has 0 spiro atoms. The number of carboxylic acids is 1. The molecule has 136 valence electrons. The number of likely N-dealkylation sites (tertiary alicyclic amines) is 1. The number of carbonyl (C=O) groups excluding carboxylic acids is 1. The zero-order valence-corrected chi connectivity index (χ0v) is 15.6. The first-order valence-corrected chi connectivity index (χ1v) is 8.51. The van der Waals surface area contributed by atoms with Crippen molar-refractivity contribution in [1.82, 2.24) is 4.90 Å². The van der Waals surface area contributed by atoms with Crippen LogP contribution in [-0.2, 0) is 4.74 Å². The second kappa shape index (κ2) is 6.90. The van der Waals surface area contributed by atoms with Gasteiger partial charge in [-0.2, -0.15) is 0 Å². The van der Waals surface area contributed by atoms with Gasteiger partial charge >= 0.3 is 12.1 Å². The van der Waals surface area contributed by atoms with Crippen LogP contribution in [0.3, 0.4) is 0 Å². The summed E-state index contributed by atoms with van der Waals surface area (Å²) in [5, 5.41) is 8.96. The average Bonchev–Trinajstić information content (AvgIpc) is 2.44. The Morgan fingerprint density at radius 1 is 1.20 bits per heavy atom. The monoisotopic (exact) mass is 345 g/mol. The third-order valence-corrected chi connectivity index (χ3v) is 4.19. The third-order valence-electron chi connectivity index (χ3n) is 4.19. The van der Waals surface area contributed by atoms with Gasteiger partial charge in [-0.25, -0.2) is 9.59 Å². The maximum atomic E-state index is 12.4. The number of rotatable bonds is 2. The first kappa shape index (κ1) is 19.0. The van der Waals surface area contributed by atoms with Crippen molar-refractivity contribution >= 4 is 18.1 Å². The Bertz CT molecular complexity index is 681. The summed E-state index contributed by atoms with van der Waals surface area (Å²) in [6.07, 6.45) is 3.35. The van der Waals surface area contributed by atoms with Gasteiger partial charge in [0.1, 0.15) is 5.60 Å². The van der Waals surface area contributed by atoms with Gasteiger partial charge in [0.15, 0.2) is 0 Å². The lowest BCUT2D eigenvalue weighted by atomic mass is 9.86. The quantitative estimate of drug-likeness (QED) is 0.852. The fourth-order valence-electron chi connectivity index (χ4n) is 3.03. The maximum absolute atomic E-state index is 12.4. The molecule has 0 bridgehead atoms. The van der Waals surface area contributed by atoms with Crippen molar-refractivity contribution in [2.24, 2.45) is 0 Å². The molecule has 0 radical (unpaired) electrons. The summed E-state index contributed by atoms with van der Waals surface area (Å²) >= 11 is 0. The Morgan fingerprint density at radius 2 is 1.80 bits per heavy atom. The van der Waals surface area contributed by atoms with E-state index in [0.717, 1.165) is 18.4 Å². The van der Waals surface area contributed by atoms with E-state index in [1.165, 1.54) is 5.57 Å². The normalized spacial score (nSPS) is 18.9. The minimum absolute atomic E-state index is 0.276. The lowest BCUT2D eigenvalue weighted by Crippen LogP contribution is -2.52. The molecule has 5 nitrogen and oxygen atoms in total. The molecule has 0 aliphatic carbocycles. The van der Waals surface area contributed by atoms with Crippen molar-refractivity contribution in [2.45, 2.75) is 58.6 Å². The molecule has 1 aromatic rings. The van der Waals surface area contributed by atoms with E-state index in [1.807, 2.05) is 46.8 Å². The molecule has 5 heteroatoms. The maximum Gasteiger partial charge on any atom is 0.410 e. The number of carboxylic acid groups (broad SMARTS) is 1. The van der Waals surface area contributed by atoms with E-state index >= 15 is 0 Å². The predicted molar refractivity (Wildman–Crippen MR) is 97.6 cm³/mol. The van der Waals surface area contributed by atoms with E-state index in [4.69, 9.17) is 9.84 Å². The van der Waals surface area contributed by atoms with Crippen LogP contribution in [0.4, 0.5) is 4.79 Å². The SMILES string of the molecule is CC(C)(C)OC(=O)N1CCC(=Cc2ccc(C(=O)O)cc2)CC1(C)C. The smallest absolute Gasteiger partial charge is 0.410 e. The molecule has 1 saturated heterocycles. The number of carbonyl (C=O) groups is 2. The van der Waals surface area contributed by atoms with E-state index in [9.17, 15) is 9.59 Å². The zero-order chi connectivity index (χ0) is 18.8. The Hall–Kier alpha value is -2.30. The number of nitrogens with zero attached hydrogens (tertiary/aromatic N) is 1. The van der Waals surface area contributed by atoms with Crippen LogP contribution in [0.2, 0.25) is 0 Å². The molecule has 1 aliphatic heterocycles. The van der Waals surface area contributed by atoms with E-state index in [1.54, 1.807) is 17.0 Å². The number of piperidine rings is 1. The van der Waals surface area contributed by atoms with Crippen molar-refractivity contribution in [3.63, 3.8) is 0 Å². The second-order valence-corrected chi connectivity index (χ2v) is 8.10. The minimum Gasteiger partial charge on any atom is -0.478 e. The summed E-state index contributed by atoms with van der Waals surface area (Å²) in [7, 11) is 0. The molecule has 1 aromatic carbocycles. The van der Waals surface area contributed by atoms with Crippen LogP contribution in [0.25, 0.3) is 6.08 Å². The lowest BCUT2D eigenvalue weighted by molar-refractivity contribution is -0.000876. The van der Waals surface area contributed by atoms with Gasteiger partial charge in [-0.3, -0.25) is 0 Å². The average molecular weight is 345 g/mol. The van der Waals surface area contributed by atoms with Crippen LogP contribution in [0.5, 0.6) is 0 Å². The van der Waals surface area contributed by atoms with Gasteiger partial charge in [-0.15, -0.1) is 0 Å². The third kappa shape index (κ3) is 5.08. The van der Waals surface area contributed by atoms with Crippen LogP contribution in [0.1, 0.15) is 63.4 Å². The van der Waals surface area contributed by atoms with Gasteiger partial charge in [-0.1, -0.05) is 23.8 Å². The van der Waals surface area contributed by atoms with Crippen molar-refractivity contribution in [1.29, 1.82) is 0 Å². The van der Waals surface area contributed by atoms with Crippen molar-refractivity contribution in [3.8, 4) is 0 Å². The number of amides is 1. The molecule has 0 unspecified atom stereocenters. The molecule has 2 rings (SSSR count). The highest BCUT2D eigenvalue weighted by molar-refractivity contribution is 5.87. The van der Waals surface area contributed by atoms with Crippen molar-refractivity contribution < 1.29 is 19.4 Å². The van der Waals surface area contributed by atoms with E-state index in [-0.39, 0.29) is 17.2 Å². The van der Waals surface area contributed by atoms with Gasteiger partial charge in [0.25, 0.3) is 0 Å². The van der Waals surface area contributed by atoms with E-state index < -0.39 is 11.6 Å². The molecular formula is C20H27NO4. The number of hydrogen-bond donors (Lipinski definition) is 1. The Morgan fingerprint density at radius 3 is 2.28 bits per heavy atom. The van der Waals surface area contributed by atoms with Crippen LogP contribution in [-0.4, -0.2) is 39.8 Å². The number of benzene rings is 1. The first-order chi connectivity index (χ1) is 11.5. The molecular weight excluding hydrogens is 318 g/mol. The number of hydrogen-bond acceptors (Lipinski definition) is 3. The van der Waals surface area contributed by atoms with Crippen LogP contribution >= 0.6 is 0 Å². The molecule has 0 aromatic heterocycles. The molecule has 1 heterocycles. The first-order valence-electron chi connectivity index (χ1n) is 8.51. The lowest BCUT2D eigenvalue weighted by Gasteiger charge is -2.43. The molecule has 1 aliphatic rings. The van der Waals surface area contributed by atoms with Crippen molar-refractivity contribution in [2.75, 3.05) is 6.54 Å². The van der Waals surface area contributed by atoms with E-state index in [2.05, 4.69) is 6.08 Å². The number of ether oxygens (including phenoxy) is 1. The molecule has 0 atom stereocenters. The van der Waals surface area contributed by atoms with Crippen LogP contribution in [0, 0.1) is 0 Å². The largest absolute Gasteiger partial charge is 0.478 e. The van der Waals surface area contributed by atoms with Crippen LogP contribution in [0.15, 0.2) is 29.8 Å². The highest BCUT2D eigenvalue weighted by atomic mass is 16.6. The van der Waals surface area contributed by atoms with E-state index in [0.29, 0.717) is 6.54 Å². The zero-order valence-electron chi connectivity index (χ0n) is 15.6. The highest BCUT2D eigenvalue weighted by Crippen LogP contribution is 2.33. The number of aromatic carboxylic acids is 1. The molecule has 1 fully saturated rings. The summed E-state index contributed by atoms with van der Waals surface area (Å²) in [6, 6.07) is 6.83. The summed E-state index contributed by atoms with van der Waals surface area (Å²) in [5.74, 6) is -0.925. The Kier molecular flexibility index (Phi) is 5.26. The molecule has 25 heavy (non-hydrogen) atoms. The fraction of sp³-hybridized carbons (Fsp3) is 0.500. The minimum atomic E-state index is -0.925. The van der Waals surface area contributed by atoms with Gasteiger partial charge in [-0.05, 0) is 65.2 Å². The Balaban J connectivity index is 2.10. The van der Waals surface area contributed by atoms with Crippen LogP contribution < -0.4 is 0 Å². The van der Waals surface area contributed by atoms with Gasteiger partial charge in [0.05, 0.1) is 5.56 Å². The van der Waals surface area contributed by atoms with Crippen molar-refractivity contribution in [3.05, 3.63) is 41.0 Å². The summed E-state index contributed by atoms with van der Waals surface area (Å²) in [5.41, 5.74) is 1.67. The molecule has 0 saturated carbocycles. The van der Waals surface area contributed by atoms with Gasteiger partial charge in [0, 0.05) is 12.1 Å². The standard InChI is InChI=1S/C20H27NO4/c1-19(2,3)25-18(24)21-11-10-15(13-20(21,4)5)12-14-6-8-16(9-7-14)17(22)23/h6-9,12H,10-11,13H2,1-5H3,(H,22,23). The topological polar surface area (TPSA) is 66.8 Å². The Labute approximate surface area is 149 Å². The highest BCUT2D eigenvalue weighted by Gasteiger charge is 2.37. The predicted octanol–water partition coefficient (Wildman–Crippen LogP) is 4.58. The molecule has 1 amide bonds. The summed E-state index contributed by atoms with van der Waals surface area (Å²) in [6.45, 7) is 10.3. The van der Waals surface area contributed by atoms with Gasteiger partial charge in [0.2, 0.25) is 0 Å². The fourth-order valence-corrected chi connectivity index (χ4v) is 3.03. The summed E-state index contributed by atoms with van der Waals surface area (Å²) in [4.78, 5) is 25.1. The van der Waals surface area contributed by atoms with Gasteiger partial charge < -0.3 is 14.7 Å².